The number of hydrogen-bond acceptors (Lipinski definition) is 3. The Hall–Kier alpha value is -2.37. The Morgan fingerprint density at radius 3 is 2.38 bits per heavy atom. The zero-order valence-electron chi connectivity index (χ0n) is 11.6. The summed E-state index contributed by atoms with van der Waals surface area (Å²) in [4.78, 5) is 35.6. The summed E-state index contributed by atoms with van der Waals surface area (Å²) in [7, 11) is 0. The van der Waals surface area contributed by atoms with Crippen LogP contribution in [0.15, 0.2) is 24.3 Å². The molecule has 0 spiro atoms. The summed E-state index contributed by atoms with van der Waals surface area (Å²) in [6, 6.07) is 6.25. The van der Waals surface area contributed by atoms with Crippen LogP contribution in [-0.2, 0) is 4.79 Å². The van der Waals surface area contributed by atoms with Gasteiger partial charge in [0, 0.05) is 30.6 Å². The van der Waals surface area contributed by atoms with Crippen molar-refractivity contribution in [3.8, 4) is 0 Å². The first kappa shape index (κ1) is 15.0. The molecule has 1 aliphatic heterocycles. The summed E-state index contributed by atoms with van der Waals surface area (Å²) < 4.78 is 0. The first-order valence-corrected chi connectivity index (χ1v) is 6.88. The molecule has 0 radical (unpaired) electrons. The summed E-state index contributed by atoms with van der Waals surface area (Å²) in [6.07, 6.45) is 1.57. The van der Waals surface area contributed by atoms with Crippen molar-refractivity contribution in [1.82, 2.24) is 4.90 Å². The molecule has 1 aliphatic rings. The second-order valence-electron chi connectivity index (χ2n) is 5.28. The molecule has 1 heterocycles. The predicted molar refractivity (Wildman–Crippen MR) is 75.8 cm³/mol. The molecule has 0 bridgehead atoms. The number of primary amides is 1. The number of nitrogens with two attached hydrogens (primary N) is 1. The van der Waals surface area contributed by atoms with Gasteiger partial charge in [-0.3, -0.25) is 14.4 Å². The van der Waals surface area contributed by atoms with Gasteiger partial charge in [0.1, 0.15) is 0 Å². The highest BCUT2D eigenvalue weighted by atomic mass is 16.4. The van der Waals surface area contributed by atoms with Crippen LogP contribution in [0.5, 0.6) is 0 Å². The highest BCUT2D eigenvalue weighted by Gasteiger charge is 2.27. The zero-order chi connectivity index (χ0) is 15.4. The Morgan fingerprint density at radius 2 is 1.81 bits per heavy atom. The molecule has 6 heteroatoms. The molecule has 0 aromatic heterocycles. The minimum atomic E-state index is -0.804. The lowest BCUT2D eigenvalue weighted by Gasteiger charge is -2.16. The largest absolute Gasteiger partial charge is 0.481 e. The second-order valence-corrected chi connectivity index (χ2v) is 5.28. The lowest BCUT2D eigenvalue weighted by molar-refractivity contribution is -0.137. The van der Waals surface area contributed by atoms with Crippen LogP contribution in [0.2, 0.25) is 0 Å². The highest BCUT2D eigenvalue weighted by molar-refractivity contribution is 5.97. The van der Waals surface area contributed by atoms with E-state index in [4.69, 9.17) is 10.8 Å². The van der Waals surface area contributed by atoms with Crippen LogP contribution in [0.1, 0.15) is 40.0 Å². The van der Waals surface area contributed by atoms with E-state index < -0.39 is 11.9 Å². The lowest BCUT2D eigenvalue weighted by atomic mass is 10.0. The molecular formula is C15H18N2O4. The quantitative estimate of drug-likeness (QED) is 0.848. The fourth-order valence-electron chi connectivity index (χ4n) is 2.54. The maximum atomic E-state index is 12.3. The van der Waals surface area contributed by atoms with Crippen molar-refractivity contribution in [2.45, 2.75) is 19.3 Å². The van der Waals surface area contributed by atoms with Gasteiger partial charge < -0.3 is 15.7 Å². The van der Waals surface area contributed by atoms with Gasteiger partial charge in [-0.25, -0.2) is 0 Å². The highest BCUT2D eigenvalue weighted by Crippen LogP contribution is 2.22. The second kappa shape index (κ2) is 6.39. The number of amides is 2. The number of nitrogens with zero attached hydrogens (tertiary/aromatic N) is 1. The van der Waals surface area contributed by atoms with Crippen LogP contribution < -0.4 is 5.73 Å². The summed E-state index contributed by atoms with van der Waals surface area (Å²) in [5, 5.41) is 8.68. The summed E-state index contributed by atoms with van der Waals surface area (Å²) in [6.45, 7) is 1.23. The van der Waals surface area contributed by atoms with E-state index in [1.54, 1.807) is 17.0 Å². The molecule has 1 aromatic rings. The Labute approximate surface area is 122 Å². The van der Waals surface area contributed by atoms with E-state index in [9.17, 15) is 14.4 Å². The van der Waals surface area contributed by atoms with E-state index in [-0.39, 0.29) is 18.2 Å². The first-order chi connectivity index (χ1) is 9.97. The average molecular weight is 290 g/mol. The number of carboxylic acids is 1. The molecule has 1 fully saturated rings. The third kappa shape index (κ3) is 3.81. The first-order valence-electron chi connectivity index (χ1n) is 6.88. The Bertz CT molecular complexity index is 553. The van der Waals surface area contributed by atoms with Crippen LogP contribution in [0.4, 0.5) is 0 Å². The van der Waals surface area contributed by atoms with E-state index in [2.05, 4.69) is 0 Å². The standard InChI is InChI=1S/C15H18N2O4/c16-14(20)11-2-4-12(5-3-11)15(21)17-8-7-10(9-17)1-6-13(18)19/h2-5,10H,1,6-9H2,(H2,16,20)(H,18,19). The van der Waals surface area contributed by atoms with E-state index in [0.29, 0.717) is 30.6 Å². The van der Waals surface area contributed by atoms with Crippen molar-refractivity contribution in [2.24, 2.45) is 11.7 Å². The summed E-state index contributed by atoms with van der Waals surface area (Å²) in [5.74, 6) is -1.18. The molecule has 1 unspecified atom stereocenters. The summed E-state index contributed by atoms with van der Waals surface area (Å²) in [5.41, 5.74) is 6.04. The Kier molecular flexibility index (Phi) is 4.57. The Balaban J connectivity index is 1.94. The average Bonchev–Trinajstić information content (AvgIpc) is 2.93. The van der Waals surface area contributed by atoms with Gasteiger partial charge in [-0.05, 0) is 43.0 Å². The van der Waals surface area contributed by atoms with Crippen molar-refractivity contribution in [3.05, 3.63) is 35.4 Å². The number of rotatable bonds is 5. The van der Waals surface area contributed by atoms with Gasteiger partial charge in [-0.15, -0.1) is 0 Å². The van der Waals surface area contributed by atoms with Crippen molar-refractivity contribution in [1.29, 1.82) is 0 Å². The molecule has 0 aliphatic carbocycles. The molecular weight excluding hydrogens is 272 g/mol. The number of hydrogen-bond donors (Lipinski definition) is 2. The van der Waals surface area contributed by atoms with Gasteiger partial charge in [-0.2, -0.15) is 0 Å². The molecule has 0 saturated carbocycles. The van der Waals surface area contributed by atoms with E-state index >= 15 is 0 Å². The molecule has 2 amide bonds. The minimum Gasteiger partial charge on any atom is -0.481 e. The zero-order valence-corrected chi connectivity index (χ0v) is 11.6. The normalized spacial score (nSPS) is 17.7. The molecule has 21 heavy (non-hydrogen) atoms. The molecule has 1 saturated heterocycles. The number of likely N-dealkylation sites (tertiary alicyclic amines) is 1. The van der Waals surface area contributed by atoms with Gasteiger partial charge in [0.2, 0.25) is 5.91 Å². The maximum Gasteiger partial charge on any atom is 0.303 e. The molecule has 1 atom stereocenters. The number of benzene rings is 1. The molecule has 3 N–H and O–H groups in total. The fourth-order valence-corrected chi connectivity index (χ4v) is 2.54. The lowest BCUT2D eigenvalue weighted by Crippen LogP contribution is -2.28. The predicted octanol–water partition coefficient (Wildman–Crippen LogP) is 1.11. The molecule has 6 nitrogen and oxygen atoms in total. The summed E-state index contributed by atoms with van der Waals surface area (Å²) >= 11 is 0. The van der Waals surface area contributed by atoms with E-state index in [0.717, 1.165) is 6.42 Å². The Morgan fingerprint density at radius 1 is 1.19 bits per heavy atom. The molecule has 2 rings (SSSR count). The van der Waals surface area contributed by atoms with Crippen molar-refractivity contribution in [2.75, 3.05) is 13.1 Å². The van der Waals surface area contributed by atoms with Crippen molar-refractivity contribution >= 4 is 17.8 Å². The smallest absolute Gasteiger partial charge is 0.303 e. The van der Waals surface area contributed by atoms with Crippen LogP contribution in [-0.4, -0.2) is 40.9 Å². The van der Waals surface area contributed by atoms with Crippen LogP contribution in [0, 0.1) is 5.92 Å². The minimum absolute atomic E-state index is 0.0937. The number of carboxylic acid groups (broad SMARTS) is 1. The van der Waals surface area contributed by atoms with Gasteiger partial charge in [0.05, 0.1) is 0 Å². The third-order valence-corrected chi connectivity index (χ3v) is 3.76. The molecule has 1 aromatic carbocycles. The molecule has 112 valence electrons. The van der Waals surface area contributed by atoms with Crippen LogP contribution >= 0.6 is 0 Å². The third-order valence-electron chi connectivity index (χ3n) is 3.76. The van der Waals surface area contributed by atoms with Crippen LogP contribution in [0.3, 0.4) is 0 Å². The maximum absolute atomic E-state index is 12.3. The van der Waals surface area contributed by atoms with Gasteiger partial charge >= 0.3 is 5.97 Å². The van der Waals surface area contributed by atoms with E-state index in [1.165, 1.54) is 12.1 Å². The SMILES string of the molecule is NC(=O)c1ccc(C(=O)N2CCC(CCC(=O)O)C2)cc1. The van der Waals surface area contributed by atoms with Crippen molar-refractivity contribution in [3.63, 3.8) is 0 Å². The van der Waals surface area contributed by atoms with Gasteiger partial charge in [-0.1, -0.05) is 0 Å². The topological polar surface area (TPSA) is 101 Å². The van der Waals surface area contributed by atoms with Crippen molar-refractivity contribution < 1.29 is 19.5 Å². The van der Waals surface area contributed by atoms with Gasteiger partial charge in [0.15, 0.2) is 0 Å². The number of aliphatic carboxylic acids is 1. The van der Waals surface area contributed by atoms with Gasteiger partial charge in [0.25, 0.3) is 5.91 Å². The number of carbonyl (C=O) groups is 3. The number of carbonyl (C=O) groups excluding carboxylic acids is 2. The monoisotopic (exact) mass is 290 g/mol. The van der Waals surface area contributed by atoms with E-state index in [1.807, 2.05) is 0 Å². The fraction of sp³-hybridized carbons (Fsp3) is 0.400. The van der Waals surface area contributed by atoms with Crippen LogP contribution in [0.25, 0.3) is 0 Å².